The third-order valence-electron chi connectivity index (χ3n) is 4.33. The standard InChI is InChI=1S/C18H27N3O2/c1-18(2,3)23-17(22)13-20-9-11-21(12-10-20)16-6-4-5-15-14(16)7-8-19-15/h4-6,19H,7-13H2,1-3H3. The van der Waals surface area contributed by atoms with Gasteiger partial charge in [-0.05, 0) is 39.3 Å². The summed E-state index contributed by atoms with van der Waals surface area (Å²) in [6.07, 6.45) is 1.10. The van der Waals surface area contributed by atoms with E-state index in [1.54, 1.807) is 0 Å². The summed E-state index contributed by atoms with van der Waals surface area (Å²) in [6.45, 7) is 10.9. The van der Waals surface area contributed by atoms with E-state index in [0.29, 0.717) is 6.54 Å². The molecule has 23 heavy (non-hydrogen) atoms. The van der Waals surface area contributed by atoms with E-state index in [0.717, 1.165) is 39.1 Å². The summed E-state index contributed by atoms with van der Waals surface area (Å²) in [7, 11) is 0. The molecule has 0 amide bonds. The van der Waals surface area contributed by atoms with E-state index in [2.05, 4.69) is 33.3 Å². The number of hydrogen-bond donors (Lipinski definition) is 1. The number of benzene rings is 1. The molecular weight excluding hydrogens is 290 g/mol. The fraction of sp³-hybridized carbons (Fsp3) is 0.611. The smallest absolute Gasteiger partial charge is 0.320 e. The molecule has 0 radical (unpaired) electrons. The molecule has 0 atom stereocenters. The van der Waals surface area contributed by atoms with Crippen LogP contribution in [0.25, 0.3) is 0 Å². The second-order valence-electron chi connectivity index (χ2n) is 7.33. The fourth-order valence-corrected chi connectivity index (χ4v) is 3.32. The summed E-state index contributed by atoms with van der Waals surface area (Å²) < 4.78 is 5.41. The molecular formula is C18H27N3O2. The van der Waals surface area contributed by atoms with Gasteiger partial charge in [-0.1, -0.05) is 6.07 Å². The molecule has 126 valence electrons. The Balaban J connectivity index is 1.55. The van der Waals surface area contributed by atoms with Crippen molar-refractivity contribution in [3.05, 3.63) is 23.8 Å². The number of carbonyl (C=O) groups excluding carboxylic acids is 1. The zero-order valence-electron chi connectivity index (χ0n) is 14.4. The lowest BCUT2D eigenvalue weighted by molar-refractivity contribution is -0.156. The van der Waals surface area contributed by atoms with Crippen LogP contribution in [0.1, 0.15) is 26.3 Å². The minimum Gasteiger partial charge on any atom is -0.459 e. The van der Waals surface area contributed by atoms with Crippen LogP contribution >= 0.6 is 0 Å². The number of esters is 1. The average molecular weight is 317 g/mol. The Bertz CT molecular complexity index is 572. The number of piperazine rings is 1. The summed E-state index contributed by atoms with van der Waals surface area (Å²) in [5.74, 6) is -0.129. The van der Waals surface area contributed by atoms with Crippen LogP contribution in [0.4, 0.5) is 11.4 Å². The van der Waals surface area contributed by atoms with Crippen molar-refractivity contribution in [3.63, 3.8) is 0 Å². The normalized spacial score (nSPS) is 18.5. The molecule has 0 saturated carbocycles. The van der Waals surface area contributed by atoms with Crippen molar-refractivity contribution < 1.29 is 9.53 Å². The van der Waals surface area contributed by atoms with Gasteiger partial charge in [-0.3, -0.25) is 9.69 Å². The fourth-order valence-electron chi connectivity index (χ4n) is 3.32. The van der Waals surface area contributed by atoms with Crippen molar-refractivity contribution in [1.82, 2.24) is 4.90 Å². The number of anilines is 2. The highest BCUT2D eigenvalue weighted by Gasteiger charge is 2.24. The Labute approximate surface area is 138 Å². The molecule has 1 N–H and O–H groups in total. The largest absolute Gasteiger partial charge is 0.459 e. The zero-order valence-corrected chi connectivity index (χ0v) is 14.4. The Kier molecular flexibility index (Phi) is 4.48. The lowest BCUT2D eigenvalue weighted by Gasteiger charge is -2.36. The number of fused-ring (bicyclic) bond motifs is 1. The Hall–Kier alpha value is -1.75. The summed E-state index contributed by atoms with van der Waals surface area (Å²) >= 11 is 0. The van der Waals surface area contributed by atoms with Gasteiger partial charge in [0.2, 0.25) is 0 Å². The lowest BCUT2D eigenvalue weighted by atomic mass is 10.1. The van der Waals surface area contributed by atoms with Crippen molar-refractivity contribution >= 4 is 17.3 Å². The first kappa shape index (κ1) is 16.1. The summed E-state index contributed by atoms with van der Waals surface area (Å²) in [5.41, 5.74) is 3.66. The molecule has 1 fully saturated rings. The molecule has 2 aliphatic rings. The highest BCUT2D eigenvalue weighted by molar-refractivity contribution is 5.72. The highest BCUT2D eigenvalue weighted by atomic mass is 16.6. The molecule has 0 aliphatic carbocycles. The highest BCUT2D eigenvalue weighted by Crippen LogP contribution is 2.32. The van der Waals surface area contributed by atoms with Crippen molar-refractivity contribution in [2.45, 2.75) is 32.8 Å². The second-order valence-corrected chi connectivity index (χ2v) is 7.33. The van der Waals surface area contributed by atoms with Crippen LogP contribution in [0.2, 0.25) is 0 Å². The molecule has 2 aliphatic heterocycles. The molecule has 1 aromatic rings. The predicted molar refractivity (Wildman–Crippen MR) is 93.1 cm³/mol. The van der Waals surface area contributed by atoms with Crippen LogP contribution in [0.15, 0.2) is 18.2 Å². The van der Waals surface area contributed by atoms with Gasteiger partial charge in [0.25, 0.3) is 0 Å². The van der Waals surface area contributed by atoms with Gasteiger partial charge in [0.05, 0.1) is 6.54 Å². The van der Waals surface area contributed by atoms with E-state index < -0.39 is 5.60 Å². The van der Waals surface area contributed by atoms with Gasteiger partial charge in [-0.15, -0.1) is 0 Å². The quantitative estimate of drug-likeness (QED) is 0.865. The maximum Gasteiger partial charge on any atom is 0.320 e. The van der Waals surface area contributed by atoms with Crippen LogP contribution in [-0.4, -0.2) is 55.7 Å². The predicted octanol–water partition coefficient (Wildman–Crippen LogP) is 2.12. The van der Waals surface area contributed by atoms with Crippen molar-refractivity contribution in [3.8, 4) is 0 Å². The molecule has 1 saturated heterocycles. The first-order chi connectivity index (χ1) is 10.9. The number of rotatable bonds is 3. The maximum absolute atomic E-state index is 11.9. The molecule has 0 aromatic heterocycles. The van der Waals surface area contributed by atoms with Gasteiger partial charge in [-0.2, -0.15) is 0 Å². The van der Waals surface area contributed by atoms with Crippen LogP contribution in [0.3, 0.4) is 0 Å². The lowest BCUT2D eigenvalue weighted by Crippen LogP contribution is -2.48. The van der Waals surface area contributed by atoms with E-state index in [1.807, 2.05) is 20.8 Å². The first-order valence-corrected chi connectivity index (χ1v) is 8.47. The third-order valence-corrected chi connectivity index (χ3v) is 4.33. The number of ether oxygens (including phenoxy) is 1. The number of nitrogens with one attached hydrogen (secondary N) is 1. The molecule has 3 rings (SSSR count). The van der Waals surface area contributed by atoms with Crippen molar-refractivity contribution in [2.75, 3.05) is 49.5 Å². The summed E-state index contributed by atoms with van der Waals surface area (Å²) in [6, 6.07) is 6.50. The number of carbonyl (C=O) groups is 1. The molecule has 0 bridgehead atoms. The molecule has 5 heteroatoms. The van der Waals surface area contributed by atoms with Gasteiger partial charge >= 0.3 is 5.97 Å². The van der Waals surface area contributed by atoms with Gasteiger partial charge < -0.3 is 15.0 Å². The number of hydrogen-bond acceptors (Lipinski definition) is 5. The summed E-state index contributed by atoms with van der Waals surface area (Å²) in [4.78, 5) is 16.6. The van der Waals surface area contributed by atoms with Crippen molar-refractivity contribution in [1.29, 1.82) is 0 Å². The van der Waals surface area contributed by atoms with Crippen molar-refractivity contribution in [2.24, 2.45) is 0 Å². The van der Waals surface area contributed by atoms with E-state index in [9.17, 15) is 4.79 Å². The monoisotopic (exact) mass is 317 g/mol. The van der Waals surface area contributed by atoms with E-state index in [1.165, 1.54) is 16.9 Å². The zero-order chi connectivity index (χ0) is 16.4. The van der Waals surface area contributed by atoms with E-state index in [4.69, 9.17) is 4.74 Å². The Morgan fingerprint density at radius 1 is 1.22 bits per heavy atom. The molecule has 0 unspecified atom stereocenters. The first-order valence-electron chi connectivity index (χ1n) is 8.47. The third kappa shape index (κ3) is 3.96. The van der Waals surface area contributed by atoms with Crippen LogP contribution in [0, 0.1) is 0 Å². The van der Waals surface area contributed by atoms with Gasteiger partial charge in [0, 0.05) is 49.7 Å². The van der Waals surface area contributed by atoms with Gasteiger partial charge in [0.1, 0.15) is 5.60 Å². The molecule has 5 nitrogen and oxygen atoms in total. The van der Waals surface area contributed by atoms with E-state index in [-0.39, 0.29) is 5.97 Å². The molecule has 1 aromatic carbocycles. The van der Waals surface area contributed by atoms with Crippen LogP contribution < -0.4 is 10.2 Å². The average Bonchev–Trinajstić information content (AvgIpc) is 2.94. The maximum atomic E-state index is 11.9. The minimum atomic E-state index is -0.406. The second kappa shape index (κ2) is 6.40. The number of nitrogens with zero attached hydrogens (tertiary/aromatic N) is 2. The molecule has 2 heterocycles. The van der Waals surface area contributed by atoms with Gasteiger partial charge in [-0.25, -0.2) is 0 Å². The minimum absolute atomic E-state index is 0.129. The topological polar surface area (TPSA) is 44.8 Å². The van der Waals surface area contributed by atoms with Crippen LogP contribution in [-0.2, 0) is 16.0 Å². The Morgan fingerprint density at radius 3 is 2.65 bits per heavy atom. The van der Waals surface area contributed by atoms with E-state index >= 15 is 0 Å². The Morgan fingerprint density at radius 2 is 1.96 bits per heavy atom. The SMILES string of the molecule is CC(C)(C)OC(=O)CN1CCN(c2cccc3c2CCN3)CC1. The molecule has 0 spiro atoms. The van der Waals surface area contributed by atoms with Crippen LogP contribution in [0.5, 0.6) is 0 Å². The van der Waals surface area contributed by atoms with Gasteiger partial charge in [0.15, 0.2) is 0 Å². The summed E-state index contributed by atoms with van der Waals surface area (Å²) in [5, 5.41) is 3.44.